The summed E-state index contributed by atoms with van der Waals surface area (Å²) in [7, 11) is 0. The zero-order valence-electron chi connectivity index (χ0n) is 10.4. The molecular formula is C12H25NO2. The van der Waals surface area contributed by atoms with Gasteiger partial charge in [0.25, 0.3) is 0 Å². The molecule has 0 fully saturated rings. The molecule has 3 nitrogen and oxygen atoms in total. The molecule has 0 rings (SSSR count). The molecule has 0 aliphatic heterocycles. The van der Waals surface area contributed by atoms with Crippen molar-refractivity contribution in [3.05, 3.63) is 0 Å². The lowest BCUT2D eigenvalue weighted by atomic mass is 10.00. The average molecular weight is 215 g/mol. The molecule has 0 heterocycles. The average Bonchev–Trinajstić information content (AvgIpc) is 2.13. The molecule has 0 aliphatic carbocycles. The van der Waals surface area contributed by atoms with Crippen LogP contribution in [0, 0.1) is 5.92 Å². The van der Waals surface area contributed by atoms with Crippen molar-refractivity contribution >= 4 is 5.97 Å². The van der Waals surface area contributed by atoms with Crippen LogP contribution < -0.4 is 5.32 Å². The highest BCUT2D eigenvalue weighted by Crippen LogP contribution is 2.09. The van der Waals surface area contributed by atoms with E-state index in [1.807, 2.05) is 13.8 Å². The van der Waals surface area contributed by atoms with Crippen molar-refractivity contribution in [1.29, 1.82) is 0 Å². The second-order valence-electron chi connectivity index (χ2n) is 4.50. The zero-order valence-corrected chi connectivity index (χ0v) is 10.4. The highest BCUT2D eigenvalue weighted by atomic mass is 16.4. The van der Waals surface area contributed by atoms with Crippen molar-refractivity contribution in [2.75, 3.05) is 0 Å². The Morgan fingerprint density at radius 1 is 1.20 bits per heavy atom. The number of aliphatic carboxylic acids is 1. The number of carboxylic acids is 1. The van der Waals surface area contributed by atoms with Gasteiger partial charge in [-0.25, -0.2) is 0 Å². The monoisotopic (exact) mass is 215 g/mol. The van der Waals surface area contributed by atoms with Crippen LogP contribution in [0.3, 0.4) is 0 Å². The molecule has 0 saturated heterocycles. The van der Waals surface area contributed by atoms with Gasteiger partial charge in [0, 0.05) is 6.04 Å². The normalized spacial score (nSPS) is 13.5. The Morgan fingerprint density at radius 3 is 1.93 bits per heavy atom. The topological polar surface area (TPSA) is 49.3 Å². The lowest BCUT2D eigenvalue weighted by Crippen LogP contribution is -2.46. The summed E-state index contributed by atoms with van der Waals surface area (Å²) in [4.78, 5) is 11.0. The van der Waals surface area contributed by atoms with Crippen LogP contribution >= 0.6 is 0 Å². The van der Waals surface area contributed by atoms with E-state index < -0.39 is 12.0 Å². The summed E-state index contributed by atoms with van der Waals surface area (Å²) in [5.41, 5.74) is 0. The summed E-state index contributed by atoms with van der Waals surface area (Å²) in [6, 6.07) is -0.0587. The van der Waals surface area contributed by atoms with E-state index in [2.05, 4.69) is 19.2 Å². The molecule has 1 unspecified atom stereocenters. The van der Waals surface area contributed by atoms with Crippen molar-refractivity contribution in [1.82, 2.24) is 5.32 Å². The van der Waals surface area contributed by atoms with Crippen LogP contribution in [0.2, 0.25) is 0 Å². The van der Waals surface area contributed by atoms with Gasteiger partial charge in [0.1, 0.15) is 6.04 Å². The molecule has 2 N–H and O–H groups in total. The Labute approximate surface area is 93.3 Å². The van der Waals surface area contributed by atoms with Gasteiger partial charge < -0.3 is 10.4 Å². The van der Waals surface area contributed by atoms with Crippen LogP contribution in [0.25, 0.3) is 0 Å². The fraction of sp³-hybridized carbons (Fsp3) is 0.917. The number of carboxylic acid groups (broad SMARTS) is 1. The SMILES string of the molecule is CCCC(CCC)NC(C(=O)O)C(C)C. The minimum atomic E-state index is -0.734. The maximum atomic E-state index is 11.0. The van der Waals surface area contributed by atoms with Crippen molar-refractivity contribution < 1.29 is 9.90 Å². The van der Waals surface area contributed by atoms with Crippen LogP contribution in [-0.2, 0) is 4.79 Å². The van der Waals surface area contributed by atoms with E-state index in [1.54, 1.807) is 0 Å². The molecule has 90 valence electrons. The van der Waals surface area contributed by atoms with E-state index in [-0.39, 0.29) is 5.92 Å². The molecule has 1 atom stereocenters. The van der Waals surface area contributed by atoms with E-state index in [1.165, 1.54) is 0 Å². The van der Waals surface area contributed by atoms with Gasteiger partial charge in [-0.05, 0) is 18.8 Å². The first-order chi connectivity index (χ1) is 7.02. The first kappa shape index (κ1) is 14.4. The lowest BCUT2D eigenvalue weighted by Gasteiger charge is -2.25. The van der Waals surface area contributed by atoms with E-state index >= 15 is 0 Å². The standard InChI is InChI=1S/C12H25NO2/c1-5-7-10(8-6-2)13-11(9(3)4)12(14)15/h9-11,13H,5-8H2,1-4H3,(H,14,15). The summed E-state index contributed by atoms with van der Waals surface area (Å²) in [6.07, 6.45) is 4.32. The van der Waals surface area contributed by atoms with Crippen LogP contribution in [-0.4, -0.2) is 23.2 Å². The largest absolute Gasteiger partial charge is 0.480 e. The van der Waals surface area contributed by atoms with Gasteiger partial charge in [-0.15, -0.1) is 0 Å². The zero-order chi connectivity index (χ0) is 11.8. The molecule has 0 bridgehead atoms. The maximum Gasteiger partial charge on any atom is 0.320 e. The van der Waals surface area contributed by atoms with Gasteiger partial charge in [0.05, 0.1) is 0 Å². The molecular weight excluding hydrogens is 190 g/mol. The van der Waals surface area contributed by atoms with Gasteiger partial charge in [0.2, 0.25) is 0 Å². The van der Waals surface area contributed by atoms with Crippen molar-refractivity contribution in [3.8, 4) is 0 Å². The molecule has 0 spiro atoms. The van der Waals surface area contributed by atoms with E-state index in [9.17, 15) is 4.79 Å². The summed E-state index contributed by atoms with van der Waals surface area (Å²) >= 11 is 0. The Morgan fingerprint density at radius 2 is 1.67 bits per heavy atom. The number of rotatable bonds is 8. The minimum Gasteiger partial charge on any atom is -0.480 e. The van der Waals surface area contributed by atoms with Gasteiger partial charge >= 0.3 is 5.97 Å². The first-order valence-corrected chi connectivity index (χ1v) is 6.01. The summed E-state index contributed by atoms with van der Waals surface area (Å²) in [6.45, 7) is 8.16. The third kappa shape index (κ3) is 5.78. The molecule has 0 radical (unpaired) electrons. The van der Waals surface area contributed by atoms with Crippen molar-refractivity contribution in [2.45, 2.75) is 65.5 Å². The van der Waals surface area contributed by atoms with Gasteiger partial charge in [0.15, 0.2) is 0 Å². The fourth-order valence-electron chi connectivity index (χ4n) is 1.81. The number of nitrogens with one attached hydrogen (secondary N) is 1. The summed E-state index contributed by atoms with van der Waals surface area (Å²) in [5, 5.41) is 12.3. The Bertz CT molecular complexity index is 174. The van der Waals surface area contributed by atoms with E-state index in [0.29, 0.717) is 6.04 Å². The maximum absolute atomic E-state index is 11.0. The molecule has 0 aliphatic rings. The van der Waals surface area contributed by atoms with Crippen LogP contribution in [0.15, 0.2) is 0 Å². The summed E-state index contributed by atoms with van der Waals surface area (Å²) in [5.74, 6) is -0.596. The minimum absolute atomic E-state index is 0.138. The second-order valence-corrected chi connectivity index (χ2v) is 4.50. The van der Waals surface area contributed by atoms with Crippen molar-refractivity contribution in [3.63, 3.8) is 0 Å². The third-order valence-electron chi connectivity index (χ3n) is 2.62. The van der Waals surface area contributed by atoms with Crippen LogP contribution in [0.1, 0.15) is 53.4 Å². The van der Waals surface area contributed by atoms with Crippen molar-refractivity contribution in [2.24, 2.45) is 5.92 Å². The predicted molar refractivity (Wildman–Crippen MR) is 63.0 cm³/mol. The second kappa shape index (κ2) is 7.69. The molecule has 0 aromatic heterocycles. The first-order valence-electron chi connectivity index (χ1n) is 6.01. The molecule has 0 aromatic rings. The predicted octanol–water partition coefficient (Wildman–Crippen LogP) is 2.65. The molecule has 3 heteroatoms. The quantitative estimate of drug-likeness (QED) is 0.654. The third-order valence-corrected chi connectivity index (χ3v) is 2.62. The summed E-state index contributed by atoms with van der Waals surface area (Å²) < 4.78 is 0. The van der Waals surface area contributed by atoms with Gasteiger partial charge in [-0.3, -0.25) is 4.79 Å². The number of hydrogen-bond acceptors (Lipinski definition) is 2. The Hall–Kier alpha value is -0.570. The van der Waals surface area contributed by atoms with Gasteiger partial charge in [-0.2, -0.15) is 0 Å². The Balaban J connectivity index is 4.25. The smallest absolute Gasteiger partial charge is 0.320 e. The molecule has 0 aromatic carbocycles. The Kier molecular flexibility index (Phi) is 7.39. The fourth-order valence-corrected chi connectivity index (χ4v) is 1.81. The van der Waals surface area contributed by atoms with E-state index in [0.717, 1.165) is 25.7 Å². The molecule has 0 saturated carbocycles. The van der Waals surface area contributed by atoms with Gasteiger partial charge in [-0.1, -0.05) is 40.5 Å². The molecule has 0 amide bonds. The highest BCUT2D eigenvalue weighted by molar-refractivity contribution is 5.73. The lowest BCUT2D eigenvalue weighted by molar-refractivity contribution is -0.140. The van der Waals surface area contributed by atoms with E-state index in [4.69, 9.17) is 5.11 Å². The molecule has 15 heavy (non-hydrogen) atoms. The van der Waals surface area contributed by atoms with Crippen LogP contribution in [0.5, 0.6) is 0 Å². The highest BCUT2D eigenvalue weighted by Gasteiger charge is 2.23. The number of carbonyl (C=O) groups is 1. The van der Waals surface area contributed by atoms with Crippen LogP contribution in [0.4, 0.5) is 0 Å². The number of hydrogen-bond donors (Lipinski definition) is 2.